The fraction of sp³-hybridized carbons (Fsp3) is 0.615. The lowest BCUT2D eigenvalue weighted by Crippen LogP contribution is -2.32. The normalized spacial score (nSPS) is 27.5. The van der Waals surface area contributed by atoms with Crippen molar-refractivity contribution in [2.45, 2.75) is 20.0 Å². The van der Waals surface area contributed by atoms with Gasteiger partial charge in [0.25, 0.3) is 0 Å². The van der Waals surface area contributed by atoms with Crippen molar-refractivity contribution in [2.75, 3.05) is 13.2 Å². The maximum Gasteiger partial charge on any atom is 0.433 e. The first-order valence-electron chi connectivity index (χ1n) is 6.54. The second-order valence-corrected chi connectivity index (χ2v) is 5.09. The van der Waals surface area contributed by atoms with Gasteiger partial charge >= 0.3 is 12.1 Å². The molecule has 0 saturated heterocycles. The summed E-state index contributed by atoms with van der Waals surface area (Å²) in [7, 11) is 0. The SMILES string of the molecule is CCOC(=O)CNC1=C(C(=N)C(F)(F)F)[C@H]2[C@@H](C)[C@H]2C1=O. The van der Waals surface area contributed by atoms with Gasteiger partial charge < -0.3 is 10.1 Å². The van der Waals surface area contributed by atoms with Crippen LogP contribution in [-0.2, 0) is 14.3 Å². The van der Waals surface area contributed by atoms with Crippen LogP contribution in [0.4, 0.5) is 13.2 Å². The van der Waals surface area contributed by atoms with Gasteiger partial charge in [0.15, 0.2) is 5.78 Å². The predicted molar refractivity (Wildman–Crippen MR) is 66.6 cm³/mol. The van der Waals surface area contributed by atoms with Crippen molar-refractivity contribution in [2.24, 2.45) is 17.8 Å². The summed E-state index contributed by atoms with van der Waals surface area (Å²) in [6, 6.07) is 0. The number of allylic oxidation sites excluding steroid dienone is 2. The van der Waals surface area contributed by atoms with Crippen LogP contribution in [0.25, 0.3) is 0 Å². The number of carbonyl (C=O) groups excluding carboxylic acids is 2. The summed E-state index contributed by atoms with van der Waals surface area (Å²) < 4.78 is 42.9. The molecule has 0 bridgehead atoms. The zero-order valence-electron chi connectivity index (χ0n) is 11.5. The Morgan fingerprint density at radius 1 is 1.38 bits per heavy atom. The summed E-state index contributed by atoms with van der Waals surface area (Å²) in [5, 5.41) is 9.70. The van der Waals surface area contributed by atoms with Crippen LogP contribution in [0.3, 0.4) is 0 Å². The summed E-state index contributed by atoms with van der Waals surface area (Å²) in [6.45, 7) is 3.02. The molecule has 5 nitrogen and oxygen atoms in total. The van der Waals surface area contributed by atoms with Crippen LogP contribution in [0, 0.1) is 23.2 Å². The van der Waals surface area contributed by atoms with Crippen molar-refractivity contribution in [1.29, 1.82) is 5.41 Å². The molecule has 2 rings (SSSR count). The Morgan fingerprint density at radius 2 is 2.00 bits per heavy atom. The highest BCUT2D eigenvalue weighted by Gasteiger charge is 2.63. The van der Waals surface area contributed by atoms with Crippen LogP contribution in [0.2, 0.25) is 0 Å². The Balaban J connectivity index is 2.23. The number of esters is 1. The van der Waals surface area contributed by atoms with Crippen LogP contribution in [-0.4, -0.2) is 36.8 Å². The number of halogens is 3. The number of carbonyl (C=O) groups is 2. The first-order chi connectivity index (χ1) is 9.70. The van der Waals surface area contributed by atoms with Gasteiger partial charge in [-0.3, -0.25) is 15.0 Å². The van der Waals surface area contributed by atoms with E-state index >= 15 is 0 Å². The average Bonchev–Trinajstić information content (AvgIpc) is 2.92. The number of hydrogen-bond donors (Lipinski definition) is 2. The van der Waals surface area contributed by atoms with Crippen molar-refractivity contribution in [1.82, 2.24) is 5.32 Å². The fourth-order valence-corrected chi connectivity index (χ4v) is 2.77. The maximum absolute atomic E-state index is 12.8. The summed E-state index contributed by atoms with van der Waals surface area (Å²) in [5.74, 6) is -2.39. The number of ketones is 1. The third-order valence-corrected chi connectivity index (χ3v) is 3.80. The molecule has 2 aliphatic rings. The van der Waals surface area contributed by atoms with Gasteiger partial charge in [0, 0.05) is 17.4 Å². The molecule has 0 aromatic heterocycles. The van der Waals surface area contributed by atoms with E-state index in [0.29, 0.717) is 0 Å². The molecule has 0 aliphatic heterocycles. The number of fused-ring (bicyclic) bond motifs is 1. The molecule has 3 atom stereocenters. The molecule has 2 aliphatic carbocycles. The van der Waals surface area contributed by atoms with E-state index in [0.717, 1.165) is 0 Å². The zero-order valence-corrected chi connectivity index (χ0v) is 11.5. The van der Waals surface area contributed by atoms with E-state index in [2.05, 4.69) is 10.1 Å². The van der Waals surface area contributed by atoms with E-state index in [9.17, 15) is 22.8 Å². The molecule has 0 aromatic rings. The van der Waals surface area contributed by atoms with E-state index in [1.54, 1.807) is 13.8 Å². The Hall–Kier alpha value is -1.86. The highest BCUT2D eigenvalue weighted by atomic mass is 19.4. The van der Waals surface area contributed by atoms with Crippen molar-refractivity contribution in [3.8, 4) is 0 Å². The molecule has 2 N–H and O–H groups in total. The topological polar surface area (TPSA) is 79.2 Å². The molecule has 0 heterocycles. The molecule has 0 amide bonds. The minimum absolute atomic E-state index is 0.140. The zero-order chi connectivity index (χ0) is 15.9. The number of Topliss-reactive ketones (excluding diaryl/α,β-unsaturated/α-hetero) is 1. The minimum Gasteiger partial charge on any atom is -0.465 e. The molecule has 0 spiro atoms. The molecule has 0 radical (unpaired) electrons. The van der Waals surface area contributed by atoms with Gasteiger partial charge in [-0.2, -0.15) is 13.2 Å². The lowest BCUT2D eigenvalue weighted by molar-refractivity contribution is -0.141. The van der Waals surface area contributed by atoms with Crippen LogP contribution in [0.5, 0.6) is 0 Å². The second kappa shape index (κ2) is 5.16. The van der Waals surface area contributed by atoms with Gasteiger partial charge in [0.05, 0.1) is 12.3 Å². The third-order valence-electron chi connectivity index (χ3n) is 3.80. The van der Waals surface area contributed by atoms with Crippen LogP contribution >= 0.6 is 0 Å². The quantitative estimate of drug-likeness (QED) is 0.595. The summed E-state index contributed by atoms with van der Waals surface area (Å²) in [5.41, 5.74) is -2.10. The van der Waals surface area contributed by atoms with Crippen molar-refractivity contribution in [3.05, 3.63) is 11.3 Å². The monoisotopic (exact) mass is 304 g/mol. The Morgan fingerprint density at radius 3 is 2.52 bits per heavy atom. The molecule has 0 aromatic carbocycles. The van der Waals surface area contributed by atoms with Crippen molar-refractivity contribution in [3.63, 3.8) is 0 Å². The average molecular weight is 304 g/mol. The Bertz CT molecular complexity index is 539. The molecule has 8 heteroatoms. The van der Waals surface area contributed by atoms with E-state index in [4.69, 9.17) is 5.41 Å². The molecule has 116 valence electrons. The maximum atomic E-state index is 12.8. The highest BCUT2D eigenvalue weighted by Crippen LogP contribution is 2.58. The van der Waals surface area contributed by atoms with Gasteiger partial charge in [-0.15, -0.1) is 0 Å². The number of rotatable bonds is 5. The van der Waals surface area contributed by atoms with E-state index in [1.807, 2.05) is 0 Å². The second-order valence-electron chi connectivity index (χ2n) is 5.09. The van der Waals surface area contributed by atoms with Gasteiger partial charge in [0.1, 0.15) is 12.3 Å². The Labute approximate surface area is 119 Å². The lowest BCUT2D eigenvalue weighted by atomic mass is 10.0. The number of alkyl halides is 3. The Kier molecular flexibility index (Phi) is 3.81. The first-order valence-corrected chi connectivity index (χ1v) is 6.54. The standard InChI is InChI=1S/C13H15F3N2O3/c1-3-21-6(19)4-18-10-9(12(17)13(14,15)16)7-5(2)8(7)11(10)20/h5,7-8,17-18H,3-4H2,1-2H3/t5-,7+,8-/m1/s1. The predicted octanol–water partition coefficient (Wildman–Crippen LogP) is 1.44. The number of hydrogen-bond acceptors (Lipinski definition) is 5. The van der Waals surface area contributed by atoms with E-state index < -0.39 is 42.0 Å². The van der Waals surface area contributed by atoms with Crippen LogP contribution in [0.1, 0.15) is 13.8 Å². The molecule has 1 saturated carbocycles. The first kappa shape index (κ1) is 15.5. The van der Waals surface area contributed by atoms with Gasteiger partial charge in [-0.25, -0.2) is 0 Å². The van der Waals surface area contributed by atoms with Crippen molar-refractivity contribution >= 4 is 17.5 Å². The fourth-order valence-electron chi connectivity index (χ4n) is 2.77. The summed E-state index contributed by atoms with van der Waals surface area (Å²) in [4.78, 5) is 23.3. The smallest absolute Gasteiger partial charge is 0.433 e. The molecular formula is C13H15F3N2O3. The molecule has 21 heavy (non-hydrogen) atoms. The molecule has 1 fully saturated rings. The van der Waals surface area contributed by atoms with Crippen molar-refractivity contribution < 1.29 is 27.5 Å². The third kappa shape index (κ3) is 2.66. The van der Waals surface area contributed by atoms with Gasteiger partial charge in [0.2, 0.25) is 0 Å². The largest absolute Gasteiger partial charge is 0.465 e. The number of nitrogens with one attached hydrogen (secondary N) is 2. The molecule has 0 unspecified atom stereocenters. The van der Waals surface area contributed by atoms with Gasteiger partial charge in [-0.05, 0) is 12.8 Å². The summed E-state index contributed by atoms with van der Waals surface area (Å²) in [6.07, 6.45) is -4.82. The minimum atomic E-state index is -4.82. The van der Waals surface area contributed by atoms with Crippen LogP contribution < -0.4 is 5.32 Å². The van der Waals surface area contributed by atoms with Crippen LogP contribution in [0.15, 0.2) is 11.3 Å². The lowest BCUT2D eigenvalue weighted by Gasteiger charge is -2.15. The van der Waals surface area contributed by atoms with E-state index in [1.165, 1.54) is 0 Å². The highest BCUT2D eigenvalue weighted by molar-refractivity contribution is 6.16. The number of ether oxygens (including phenoxy) is 1. The van der Waals surface area contributed by atoms with Gasteiger partial charge in [-0.1, -0.05) is 6.92 Å². The van der Waals surface area contributed by atoms with E-state index in [-0.39, 0.29) is 23.8 Å². The molecular weight excluding hydrogens is 289 g/mol. The summed E-state index contributed by atoms with van der Waals surface area (Å²) >= 11 is 0.